The minimum Gasteiger partial charge on any atom is -0.342 e. The van der Waals surface area contributed by atoms with Gasteiger partial charge in [-0.15, -0.1) is 0 Å². The second kappa shape index (κ2) is 6.29. The first-order valence-electron chi connectivity index (χ1n) is 7.65. The zero-order valence-corrected chi connectivity index (χ0v) is 13.1. The Hall–Kier alpha value is -1.84. The average Bonchev–Trinajstić information content (AvgIpc) is 2.51. The van der Waals surface area contributed by atoms with Crippen molar-refractivity contribution in [2.24, 2.45) is 0 Å². The Kier molecular flexibility index (Phi) is 4.66. The number of hydrogen-bond donors (Lipinski definition) is 1. The van der Waals surface area contributed by atoms with Gasteiger partial charge in [0, 0.05) is 12.0 Å². The molecule has 0 radical (unpaired) electrons. The van der Waals surface area contributed by atoms with Crippen LogP contribution < -0.4 is 5.32 Å². The van der Waals surface area contributed by atoms with Gasteiger partial charge in [-0.2, -0.15) is 0 Å². The molecule has 1 atom stereocenters. The highest BCUT2D eigenvalue weighted by atomic mass is 16.2. The highest BCUT2D eigenvalue weighted by Gasteiger charge is 2.40. The van der Waals surface area contributed by atoms with E-state index in [2.05, 4.69) is 26.1 Å². The van der Waals surface area contributed by atoms with Crippen molar-refractivity contribution in [1.82, 2.24) is 10.2 Å². The maximum absolute atomic E-state index is 12.8. The molecule has 114 valence electrons. The van der Waals surface area contributed by atoms with Crippen LogP contribution in [-0.4, -0.2) is 34.8 Å². The topological polar surface area (TPSA) is 49.4 Å². The standard InChI is InChI=1S/C17H24N2O2/c1-4-17(3,5-2)19-12-15(20)18-14(16(19)21)11-13-9-7-6-8-10-13/h6-10,14H,4-5,11-12H2,1-3H3,(H,18,20). The van der Waals surface area contributed by atoms with Crippen molar-refractivity contribution in [3.8, 4) is 0 Å². The van der Waals surface area contributed by atoms with Gasteiger partial charge < -0.3 is 10.2 Å². The van der Waals surface area contributed by atoms with Gasteiger partial charge in [0.15, 0.2) is 0 Å². The van der Waals surface area contributed by atoms with Gasteiger partial charge in [0.25, 0.3) is 0 Å². The van der Waals surface area contributed by atoms with Gasteiger partial charge in [-0.05, 0) is 25.3 Å². The Morgan fingerprint density at radius 1 is 1.19 bits per heavy atom. The van der Waals surface area contributed by atoms with Crippen molar-refractivity contribution in [3.05, 3.63) is 35.9 Å². The van der Waals surface area contributed by atoms with E-state index in [0.717, 1.165) is 18.4 Å². The predicted octanol–water partition coefficient (Wildman–Crippen LogP) is 2.13. The van der Waals surface area contributed by atoms with Crippen molar-refractivity contribution in [2.75, 3.05) is 6.54 Å². The summed E-state index contributed by atoms with van der Waals surface area (Å²) < 4.78 is 0. The molecule has 1 fully saturated rings. The molecule has 1 aliphatic rings. The van der Waals surface area contributed by atoms with Crippen LogP contribution in [-0.2, 0) is 16.0 Å². The third kappa shape index (κ3) is 3.26. The molecule has 0 saturated carbocycles. The third-order valence-electron chi connectivity index (χ3n) is 4.66. The number of carbonyl (C=O) groups excluding carboxylic acids is 2. The molecule has 1 saturated heterocycles. The normalized spacial score (nSPS) is 19.6. The maximum atomic E-state index is 12.8. The van der Waals surface area contributed by atoms with E-state index in [1.54, 1.807) is 4.90 Å². The fourth-order valence-electron chi connectivity index (χ4n) is 2.79. The van der Waals surface area contributed by atoms with E-state index < -0.39 is 6.04 Å². The summed E-state index contributed by atoms with van der Waals surface area (Å²) in [4.78, 5) is 26.5. The zero-order valence-electron chi connectivity index (χ0n) is 13.1. The number of amides is 2. The van der Waals surface area contributed by atoms with Gasteiger partial charge in [-0.25, -0.2) is 0 Å². The van der Waals surface area contributed by atoms with E-state index in [-0.39, 0.29) is 23.9 Å². The Balaban J connectivity index is 2.20. The number of nitrogens with one attached hydrogen (secondary N) is 1. The molecule has 2 rings (SSSR count). The van der Waals surface area contributed by atoms with Gasteiger partial charge in [0.05, 0.1) is 0 Å². The van der Waals surface area contributed by atoms with Crippen molar-refractivity contribution in [1.29, 1.82) is 0 Å². The SMILES string of the molecule is CCC(C)(CC)N1CC(=O)NC(Cc2ccccc2)C1=O. The second-order valence-electron chi connectivity index (χ2n) is 5.94. The first-order chi connectivity index (χ1) is 10.00. The highest BCUT2D eigenvalue weighted by Crippen LogP contribution is 2.26. The molecule has 4 heteroatoms. The highest BCUT2D eigenvalue weighted by molar-refractivity contribution is 5.95. The number of carbonyl (C=O) groups is 2. The third-order valence-corrected chi connectivity index (χ3v) is 4.66. The number of rotatable bonds is 5. The fraction of sp³-hybridized carbons (Fsp3) is 0.529. The van der Waals surface area contributed by atoms with Gasteiger partial charge in [0.1, 0.15) is 12.6 Å². The lowest BCUT2D eigenvalue weighted by atomic mass is 9.90. The Morgan fingerprint density at radius 3 is 2.38 bits per heavy atom. The smallest absolute Gasteiger partial charge is 0.246 e. The minimum atomic E-state index is -0.453. The molecule has 21 heavy (non-hydrogen) atoms. The summed E-state index contributed by atoms with van der Waals surface area (Å²) in [6, 6.07) is 9.36. The quantitative estimate of drug-likeness (QED) is 0.902. The van der Waals surface area contributed by atoms with E-state index in [9.17, 15) is 9.59 Å². The van der Waals surface area contributed by atoms with Crippen LogP contribution in [0.25, 0.3) is 0 Å². The molecule has 1 aromatic rings. The van der Waals surface area contributed by atoms with Gasteiger partial charge in [-0.1, -0.05) is 44.2 Å². The lowest BCUT2D eigenvalue weighted by Crippen LogP contribution is -2.64. The van der Waals surface area contributed by atoms with Crippen LogP contribution in [0.3, 0.4) is 0 Å². The number of benzene rings is 1. The van der Waals surface area contributed by atoms with Gasteiger partial charge >= 0.3 is 0 Å². The Bertz CT molecular complexity index is 509. The molecule has 1 aromatic carbocycles. The molecule has 1 unspecified atom stereocenters. The molecule has 0 aliphatic carbocycles. The van der Waals surface area contributed by atoms with Crippen LogP contribution in [0.5, 0.6) is 0 Å². The molecule has 0 spiro atoms. The lowest BCUT2D eigenvalue weighted by molar-refractivity contribution is -0.150. The summed E-state index contributed by atoms with van der Waals surface area (Å²) in [5.74, 6) is -0.0340. The Labute approximate surface area is 126 Å². The van der Waals surface area contributed by atoms with Gasteiger partial charge in [-0.3, -0.25) is 9.59 Å². The molecule has 0 bridgehead atoms. The summed E-state index contributed by atoms with van der Waals surface area (Å²) in [6.07, 6.45) is 2.24. The summed E-state index contributed by atoms with van der Waals surface area (Å²) in [6.45, 7) is 6.36. The van der Waals surface area contributed by atoms with Crippen LogP contribution in [0.15, 0.2) is 30.3 Å². The van der Waals surface area contributed by atoms with Crippen LogP contribution in [0.2, 0.25) is 0 Å². The molecule has 2 amide bonds. The van der Waals surface area contributed by atoms with Crippen LogP contribution in [0, 0.1) is 0 Å². The van der Waals surface area contributed by atoms with Crippen molar-refractivity contribution in [2.45, 2.75) is 51.6 Å². The number of hydrogen-bond acceptors (Lipinski definition) is 2. The van der Waals surface area contributed by atoms with E-state index in [0.29, 0.717) is 6.42 Å². The molecule has 1 aliphatic heterocycles. The largest absolute Gasteiger partial charge is 0.342 e. The van der Waals surface area contributed by atoms with E-state index in [1.807, 2.05) is 30.3 Å². The van der Waals surface area contributed by atoms with Crippen molar-refractivity contribution < 1.29 is 9.59 Å². The first kappa shape index (κ1) is 15.5. The maximum Gasteiger partial charge on any atom is 0.246 e. The van der Waals surface area contributed by atoms with Gasteiger partial charge in [0.2, 0.25) is 11.8 Å². The first-order valence-corrected chi connectivity index (χ1v) is 7.65. The molecule has 4 nitrogen and oxygen atoms in total. The summed E-state index contributed by atoms with van der Waals surface area (Å²) >= 11 is 0. The van der Waals surface area contributed by atoms with Crippen LogP contribution in [0.1, 0.15) is 39.2 Å². The zero-order chi connectivity index (χ0) is 15.5. The van der Waals surface area contributed by atoms with E-state index in [4.69, 9.17) is 0 Å². The lowest BCUT2D eigenvalue weighted by Gasteiger charge is -2.44. The molecule has 0 aromatic heterocycles. The van der Waals surface area contributed by atoms with Crippen LogP contribution >= 0.6 is 0 Å². The molecular formula is C17H24N2O2. The monoisotopic (exact) mass is 288 g/mol. The van der Waals surface area contributed by atoms with Crippen molar-refractivity contribution in [3.63, 3.8) is 0 Å². The Morgan fingerprint density at radius 2 is 1.81 bits per heavy atom. The summed E-state index contributed by atoms with van der Waals surface area (Å²) in [5, 5.41) is 2.83. The molecular weight excluding hydrogens is 264 g/mol. The summed E-state index contributed by atoms with van der Waals surface area (Å²) in [5.41, 5.74) is 0.816. The second-order valence-corrected chi connectivity index (χ2v) is 5.94. The summed E-state index contributed by atoms with van der Waals surface area (Å²) in [7, 11) is 0. The number of nitrogens with zero attached hydrogens (tertiary/aromatic N) is 1. The fourth-order valence-corrected chi connectivity index (χ4v) is 2.79. The predicted molar refractivity (Wildman–Crippen MR) is 82.8 cm³/mol. The molecule has 1 heterocycles. The molecule has 1 N–H and O–H groups in total. The minimum absolute atomic E-state index is 0.0321. The van der Waals surface area contributed by atoms with E-state index in [1.165, 1.54) is 0 Å². The van der Waals surface area contributed by atoms with Crippen LogP contribution in [0.4, 0.5) is 0 Å². The average molecular weight is 288 g/mol. The number of piperazine rings is 1. The van der Waals surface area contributed by atoms with E-state index >= 15 is 0 Å². The van der Waals surface area contributed by atoms with Crippen molar-refractivity contribution >= 4 is 11.8 Å².